The van der Waals surface area contributed by atoms with Crippen molar-refractivity contribution in [3.63, 3.8) is 0 Å². The van der Waals surface area contributed by atoms with Crippen molar-refractivity contribution in [3.05, 3.63) is 0 Å². The Morgan fingerprint density at radius 2 is 1.71 bits per heavy atom. The number of hydrogen-bond acceptors (Lipinski definition) is 3. The van der Waals surface area contributed by atoms with Crippen LogP contribution >= 0.6 is 0 Å². The second-order valence-corrected chi connectivity index (χ2v) is 4.30. The largest absolute Gasteiger partial charge is 0.481 e. The van der Waals surface area contributed by atoms with E-state index in [1.165, 1.54) is 7.11 Å². The van der Waals surface area contributed by atoms with Crippen LogP contribution in [0.25, 0.3) is 0 Å². The average Bonchev–Trinajstić information content (AvgIpc) is 2.92. The number of ether oxygens (including phenoxy) is 1. The van der Waals surface area contributed by atoms with E-state index >= 15 is 0 Å². The second kappa shape index (κ2) is 3.26. The van der Waals surface area contributed by atoms with Crippen LogP contribution in [0.5, 0.6) is 0 Å². The maximum atomic E-state index is 11.4. The van der Waals surface area contributed by atoms with Crippen LogP contribution in [0.1, 0.15) is 19.3 Å². The van der Waals surface area contributed by atoms with E-state index in [0.717, 1.165) is 6.42 Å². The van der Waals surface area contributed by atoms with Crippen LogP contribution in [-0.4, -0.2) is 24.2 Å². The van der Waals surface area contributed by atoms with Crippen LogP contribution in [0.2, 0.25) is 0 Å². The zero-order valence-electron chi connectivity index (χ0n) is 8.10. The number of carboxylic acids is 1. The number of carboxylic acid groups (broad SMARTS) is 1. The van der Waals surface area contributed by atoms with Crippen molar-refractivity contribution < 1.29 is 19.4 Å². The molecule has 0 spiro atoms. The van der Waals surface area contributed by atoms with Gasteiger partial charge in [0.1, 0.15) is 0 Å². The zero-order chi connectivity index (χ0) is 10.3. The molecule has 2 fully saturated rings. The maximum absolute atomic E-state index is 11.4. The summed E-state index contributed by atoms with van der Waals surface area (Å²) in [6.07, 6.45) is 2.45. The fourth-order valence-corrected chi connectivity index (χ4v) is 2.55. The number of hydrogen-bond donors (Lipinski definition) is 1. The summed E-state index contributed by atoms with van der Waals surface area (Å²) in [4.78, 5) is 22.3. The Morgan fingerprint density at radius 1 is 1.14 bits per heavy atom. The van der Waals surface area contributed by atoms with Crippen molar-refractivity contribution in [1.82, 2.24) is 0 Å². The zero-order valence-corrected chi connectivity index (χ0v) is 8.10. The molecule has 14 heavy (non-hydrogen) atoms. The first-order chi connectivity index (χ1) is 6.63. The lowest BCUT2D eigenvalue weighted by Crippen LogP contribution is -2.34. The SMILES string of the molecule is COC(=O)[C@@H]1CC2CC2C[C@@H]1C(=O)O. The highest BCUT2D eigenvalue weighted by molar-refractivity contribution is 5.81. The lowest BCUT2D eigenvalue weighted by molar-refractivity contribution is -0.157. The Labute approximate surface area is 82.2 Å². The highest BCUT2D eigenvalue weighted by atomic mass is 16.5. The van der Waals surface area contributed by atoms with E-state index in [-0.39, 0.29) is 5.97 Å². The number of fused-ring (bicyclic) bond motifs is 1. The summed E-state index contributed by atoms with van der Waals surface area (Å²) in [7, 11) is 1.32. The van der Waals surface area contributed by atoms with Gasteiger partial charge in [-0.25, -0.2) is 0 Å². The van der Waals surface area contributed by atoms with Crippen molar-refractivity contribution in [3.8, 4) is 0 Å². The standard InChI is InChI=1S/C10H14O4/c1-14-10(13)8-4-6-2-5(6)3-7(8)9(11)12/h5-8H,2-4H2,1H3,(H,11,12)/t5?,6?,7-,8+/m0/s1. The number of esters is 1. The van der Waals surface area contributed by atoms with Gasteiger partial charge >= 0.3 is 11.9 Å². The van der Waals surface area contributed by atoms with Gasteiger partial charge < -0.3 is 9.84 Å². The summed E-state index contributed by atoms with van der Waals surface area (Å²) in [5.41, 5.74) is 0. The van der Waals surface area contributed by atoms with Crippen molar-refractivity contribution in [2.45, 2.75) is 19.3 Å². The fraction of sp³-hybridized carbons (Fsp3) is 0.800. The second-order valence-electron chi connectivity index (χ2n) is 4.30. The molecule has 4 atom stereocenters. The molecule has 0 aromatic carbocycles. The van der Waals surface area contributed by atoms with Crippen molar-refractivity contribution >= 4 is 11.9 Å². The molecule has 2 rings (SSSR count). The summed E-state index contributed by atoms with van der Waals surface area (Å²) in [5, 5.41) is 8.98. The molecule has 1 N–H and O–H groups in total. The van der Waals surface area contributed by atoms with E-state index in [2.05, 4.69) is 4.74 Å². The predicted molar refractivity (Wildman–Crippen MR) is 47.5 cm³/mol. The van der Waals surface area contributed by atoms with Crippen molar-refractivity contribution in [2.24, 2.45) is 23.7 Å². The van der Waals surface area contributed by atoms with Crippen LogP contribution < -0.4 is 0 Å². The molecule has 78 valence electrons. The third-order valence-corrected chi connectivity index (χ3v) is 3.49. The van der Waals surface area contributed by atoms with Gasteiger partial charge in [0.15, 0.2) is 0 Å². The van der Waals surface area contributed by atoms with Gasteiger partial charge in [-0.05, 0) is 31.1 Å². The van der Waals surface area contributed by atoms with E-state index in [1.807, 2.05) is 0 Å². The van der Waals surface area contributed by atoms with Gasteiger partial charge in [-0.3, -0.25) is 9.59 Å². The van der Waals surface area contributed by atoms with Crippen LogP contribution in [0, 0.1) is 23.7 Å². The minimum Gasteiger partial charge on any atom is -0.481 e. The summed E-state index contributed by atoms with van der Waals surface area (Å²) < 4.78 is 4.63. The highest BCUT2D eigenvalue weighted by Crippen LogP contribution is 2.53. The van der Waals surface area contributed by atoms with Gasteiger partial charge in [-0.15, -0.1) is 0 Å². The average molecular weight is 198 g/mol. The predicted octanol–water partition coefficient (Wildman–Crippen LogP) is 0.906. The van der Waals surface area contributed by atoms with Gasteiger partial charge in [-0.2, -0.15) is 0 Å². The molecule has 0 saturated heterocycles. The lowest BCUT2D eigenvalue weighted by atomic mass is 9.79. The number of aliphatic carboxylic acids is 1. The van der Waals surface area contributed by atoms with Gasteiger partial charge in [0.05, 0.1) is 18.9 Å². The van der Waals surface area contributed by atoms with E-state index < -0.39 is 17.8 Å². The monoisotopic (exact) mass is 198 g/mol. The Hall–Kier alpha value is -1.06. The smallest absolute Gasteiger partial charge is 0.309 e. The molecule has 0 aromatic heterocycles. The topological polar surface area (TPSA) is 63.6 Å². The van der Waals surface area contributed by atoms with Crippen molar-refractivity contribution in [1.29, 1.82) is 0 Å². The van der Waals surface area contributed by atoms with Gasteiger partial charge in [0.2, 0.25) is 0 Å². The minimum absolute atomic E-state index is 0.359. The lowest BCUT2D eigenvalue weighted by Gasteiger charge is -2.25. The van der Waals surface area contributed by atoms with Crippen LogP contribution in [0.3, 0.4) is 0 Å². The first kappa shape index (κ1) is 9.49. The summed E-state index contributed by atoms with van der Waals surface area (Å²) in [6, 6.07) is 0. The third-order valence-electron chi connectivity index (χ3n) is 3.49. The van der Waals surface area contributed by atoms with E-state index in [4.69, 9.17) is 5.11 Å². The van der Waals surface area contributed by atoms with E-state index in [9.17, 15) is 9.59 Å². The Bertz CT molecular complexity index is 273. The third kappa shape index (κ3) is 1.49. The number of carbonyl (C=O) groups is 2. The van der Waals surface area contributed by atoms with E-state index in [1.54, 1.807) is 0 Å². The highest BCUT2D eigenvalue weighted by Gasteiger charge is 2.51. The van der Waals surface area contributed by atoms with Gasteiger partial charge in [0, 0.05) is 0 Å². The van der Waals surface area contributed by atoms with Crippen molar-refractivity contribution in [2.75, 3.05) is 7.11 Å². The Balaban J connectivity index is 2.10. The molecule has 4 heteroatoms. The van der Waals surface area contributed by atoms with Crippen LogP contribution in [0.15, 0.2) is 0 Å². The first-order valence-corrected chi connectivity index (χ1v) is 4.94. The fourth-order valence-electron chi connectivity index (χ4n) is 2.55. The molecule has 0 amide bonds. The normalized spacial score (nSPS) is 39.8. The quantitative estimate of drug-likeness (QED) is 0.670. The van der Waals surface area contributed by atoms with Crippen LogP contribution in [-0.2, 0) is 14.3 Å². The molecular formula is C10H14O4. The molecule has 0 aromatic rings. The summed E-state index contributed by atoms with van der Waals surface area (Å²) >= 11 is 0. The number of methoxy groups -OCH3 is 1. The van der Waals surface area contributed by atoms with Crippen LogP contribution in [0.4, 0.5) is 0 Å². The Morgan fingerprint density at radius 3 is 2.21 bits per heavy atom. The molecule has 2 saturated carbocycles. The number of rotatable bonds is 2. The Kier molecular flexibility index (Phi) is 2.21. The molecular weight excluding hydrogens is 184 g/mol. The molecule has 0 aliphatic heterocycles. The van der Waals surface area contributed by atoms with Gasteiger partial charge in [0.25, 0.3) is 0 Å². The molecule has 0 radical (unpaired) electrons. The summed E-state index contributed by atoms with van der Waals surface area (Å²) in [6.45, 7) is 0. The molecule has 4 nitrogen and oxygen atoms in total. The molecule has 2 aliphatic rings. The van der Waals surface area contributed by atoms with E-state index in [0.29, 0.717) is 24.7 Å². The molecule has 2 unspecified atom stereocenters. The minimum atomic E-state index is -0.856. The summed E-state index contributed by atoms with van der Waals surface area (Å²) in [5.74, 6) is -1.02. The first-order valence-electron chi connectivity index (χ1n) is 4.94. The molecule has 0 heterocycles. The maximum Gasteiger partial charge on any atom is 0.309 e. The molecule has 0 bridgehead atoms. The molecule has 2 aliphatic carbocycles. The van der Waals surface area contributed by atoms with Gasteiger partial charge in [-0.1, -0.05) is 0 Å². The number of carbonyl (C=O) groups excluding carboxylic acids is 1.